The Morgan fingerprint density at radius 2 is 2.23 bits per heavy atom. The molecule has 4 heteroatoms. The van der Waals surface area contributed by atoms with Crippen molar-refractivity contribution in [2.75, 3.05) is 19.6 Å². The van der Waals surface area contributed by atoms with Gasteiger partial charge in [0, 0.05) is 25.2 Å². The molecule has 76 valence electrons. The maximum absolute atomic E-state index is 11.4. The van der Waals surface area contributed by atoms with Crippen LogP contribution in [0.3, 0.4) is 0 Å². The first-order valence-electron chi connectivity index (χ1n) is 4.77. The molecule has 1 fully saturated rings. The molecular formula is C9H19N3O. The molecule has 4 nitrogen and oxygen atoms in total. The fourth-order valence-corrected chi connectivity index (χ4v) is 1.64. The largest absolute Gasteiger partial charge is 0.355 e. The van der Waals surface area contributed by atoms with Gasteiger partial charge in [0.2, 0.25) is 5.91 Å². The number of hydrogen-bond acceptors (Lipinski definition) is 3. The Bertz CT molecular complexity index is 195. The third-order valence-electron chi connectivity index (χ3n) is 2.41. The first-order chi connectivity index (χ1) is 5.96. The second-order valence-electron chi connectivity index (χ2n) is 4.13. The number of nitrogens with zero attached hydrogens (tertiary/aromatic N) is 1. The highest BCUT2D eigenvalue weighted by molar-refractivity contribution is 5.81. The van der Waals surface area contributed by atoms with Crippen molar-refractivity contribution in [2.24, 2.45) is 5.73 Å². The summed E-state index contributed by atoms with van der Waals surface area (Å²) in [5, 5.41) is 2.80. The van der Waals surface area contributed by atoms with Crippen molar-refractivity contribution < 1.29 is 4.79 Å². The Morgan fingerprint density at radius 1 is 1.69 bits per heavy atom. The average Bonchev–Trinajstić information content (AvgIpc) is 1.99. The van der Waals surface area contributed by atoms with Crippen LogP contribution >= 0.6 is 0 Å². The standard InChI is InChI=1S/C9H19N3O/c1-4-11-8(13)7(2)12-5-9(3,10)6-12/h7H,4-6,10H2,1-3H3,(H,11,13). The predicted molar refractivity (Wildman–Crippen MR) is 52.3 cm³/mol. The zero-order valence-electron chi connectivity index (χ0n) is 8.63. The van der Waals surface area contributed by atoms with Gasteiger partial charge < -0.3 is 11.1 Å². The summed E-state index contributed by atoms with van der Waals surface area (Å²) >= 11 is 0. The molecule has 1 aliphatic rings. The fourth-order valence-electron chi connectivity index (χ4n) is 1.64. The van der Waals surface area contributed by atoms with E-state index in [-0.39, 0.29) is 17.5 Å². The molecule has 0 spiro atoms. The second-order valence-corrected chi connectivity index (χ2v) is 4.13. The minimum Gasteiger partial charge on any atom is -0.355 e. The highest BCUT2D eigenvalue weighted by Gasteiger charge is 2.39. The van der Waals surface area contributed by atoms with E-state index in [1.807, 2.05) is 20.8 Å². The molecule has 3 N–H and O–H groups in total. The molecular weight excluding hydrogens is 166 g/mol. The number of carbonyl (C=O) groups excluding carboxylic acids is 1. The van der Waals surface area contributed by atoms with E-state index in [1.54, 1.807) is 0 Å². The molecule has 1 amide bonds. The van der Waals surface area contributed by atoms with E-state index >= 15 is 0 Å². The van der Waals surface area contributed by atoms with Gasteiger partial charge in [0.25, 0.3) is 0 Å². The van der Waals surface area contributed by atoms with E-state index in [0.29, 0.717) is 6.54 Å². The lowest BCUT2D eigenvalue weighted by atomic mass is 9.92. The summed E-state index contributed by atoms with van der Waals surface area (Å²) in [5.41, 5.74) is 5.75. The topological polar surface area (TPSA) is 58.4 Å². The van der Waals surface area contributed by atoms with E-state index in [0.717, 1.165) is 13.1 Å². The lowest BCUT2D eigenvalue weighted by Crippen LogP contribution is -2.69. The summed E-state index contributed by atoms with van der Waals surface area (Å²) in [6.07, 6.45) is 0. The van der Waals surface area contributed by atoms with Crippen molar-refractivity contribution in [3.63, 3.8) is 0 Å². The molecule has 13 heavy (non-hydrogen) atoms. The zero-order chi connectivity index (χ0) is 10.1. The molecule has 1 atom stereocenters. The number of rotatable bonds is 3. The van der Waals surface area contributed by atoms with Crippen LogP contribution in [0.5, 0.6) is 0 Å². The van der Waals surface area contributed by atoms with Crippen LogP contribution in [-0.4, -0.2) is 42.0 Å². The smallest absolute Gasteiger partial charge is 0.237 e. The number of hydrogen-bond donors (Lipinski definition) is 2. The molecule has 0 aliphatic carbocycles. The summed E-state index contributed by atoms with van der Waals surface area (Å²) in [4.78, 5) is 13.5. The summed E-state index contributed by atoms with van der Waals surface area (Å²) in [7, 11) is 0. The van der Waals surface area contributed by atoms with E-state index in [4.69, 9.17) is 5.73 Å². The predicted octanol–water partition coefficient (Wildman–Crippen LogP) is -0.456. The van der Waals surface area contributed by atoms with Crippen LogP contribution in [-0.2, 0) is 4.79 Å². The van der Waals surface area contributed by atoms with Gasteiger partial charge in [-0.05, 0) is 20.8 Å². The first kappa shape index (κ1) is 10.5. The van der Waals surface area contributed by atoms with Gasteiger partial charge in [-0.15, -0.1) is 0 Å². The van der Waals surface area contributed by atoms with Gasteiger partial charge in [-0.3, -0.25) is 9.69 Å². The Morgan fingerprint density at radius 3 is 2.62 bits per heavy atom. The van der Waals surface area contributed by atoms with Crippen LogP contribution in [0.1, 0.15) is 20.8 Å². The fraction of sp³-hybridized carbons (Fsp3) is 0.889. The van der Waals surface area contributed by atoms with Crippen LogP contribution < -0.4 is 11.1 Å². The summed E-state index contributed by atoms with van der Waals surface area (Å²) in [5.74, 6) is 0.0954. The van der Waals surface area contributed by atoms with Gasteiger partial charge in [-0.1, -0.05) is 0 Å². The third-order valence-corrected chi connectivity index (χ3v) is 2.41. The Hall–Kier alpha value is -0.610. The van der Waals surface area contributed by atoms with Gasteiger partial charge in [0.1, 0.15) is 0 Å². The molecule has 1 saturated heterocycles. The number of likely N-dealkylation sites (N-methyl/N-ethyl adjacent to an activating group) is 1. The molecule has 1 aliphatic heterocycles. The molecule has 0 saturated carbocycles. The van der Waals surface area contributed by atoms with Crippen LogP contribution in [0.15, 0.2) is 0 Å². The van der Waals surface area contributed by atoms with Crippen LogP contribution in [0.4, 0.5) is 0 Å². The number of nitrogens with two attached hydrogens (primary N) is 1. The van der Waals surface area contributed by atoms with Crippen LogP contribution in [0, 0.1) is 0 Å². The highest BCUT2D eigenvalue weighted by Crippen LogP contribution is 2.19. The molecule has 0 bridgehead atoms. The zero-order valence-corrected chi connectivity index (χ0v) is 8.63. The maximum Gasteiger partial charge on any atom is 0.237 e. The Balaban J connectivity index is 2.34. The van der Waals surface area contributed by atoms with Crippen molar-refractivity contribution in [1.82, 2.24) is 10.2 Å². The third kappa shape index (κ3) is 2.42. The van der Waals surface area contributed by atoms with Crippen molar-refractivity contribution in [3.8, 4) is 0 Å². The molecule has 1 heterocycles. The molecule has 0 radical (unpaired) electrons. The Labute approximate surface area is 79.5 Å². The number of amides is 1. The number of nitrogens with one attached hydrogen (secondary N) is 1. The minimum atomic E-state index is -0.0965. The van der Waals surface area contributed by atoms with Crippen molar-refractivity contribution >= 4 is 5.91 Å². The van der Waals surface area contributed by atoms with Crippen molar-refractivity contribution in [1.29, 1.82) is 0 Å². The van der Waals surface area contributed by atoms with E-state index in [9.17, 15) is 4.79 Å². The Kier molecular flexibility index (Phi) is 2.93. The van der Waals surface area contributed by atoms with Crippen LogP contribution in [0.25, 0.3) is 0 Å². The van der Waals surface area contributed by atoms with Gasteiger partial charge in [-0.25, -0.2) is 0 Å². The second kappa shape index (κ2) is 3.64. The highest BCUT2D eigenvalue weighted by atomic mass is 16.2. The maximum atomic E-state index is 11.4. The number of carbonyl (C=O) groups is 1. The molecule has 1 rings (SSSR count). The summed E-state index contributed by atoms with van der Waals surface area (Å²) in [6.45, 7) is 8.16. The van der Waals surface area contributed by atoms with Gasteiger partial charge in [0.15, 0.2) is 0 Å². The van der Waals surface area contributed by atoms with E-state index in [2.05, 4.69) is 10.2 Å². The SMILES string of the molecule is CCNC(=O)C(C)N1CC(C)(N)C1. The quantitative estimate of drug-likeness (QED) is 0.626. The van der Waals surface area contributed by atoms with E-state index in [1.165, 1.54) is 0 Å². The number of likely N-dealkylation sites (tertiary alicyclic amines) is 1. The molecule has 0 aromatic heterocycles. The van der Waals surface area contributed by atoms with Gasteiger partial charge >= 0.3 is 0 Å². The monoisotopic (exact) mass is 185 g/mol. The molecule has 0 aromatic rings. The minimum absolute atomic E-state index is 0.0448. The molecule has 0 aromatic carbocycles. The van der Waals surface area contributed by atoms with Crippen molar-refractivity contribution in [2.45, 2.75) is 32.4 Å². The summed E-state index contributed by atoms with van der Waals surface area (Å²) in [6, 6.07) is -0.0448. The van der Waals surface area contributed by atoms with E-state index < -0.39 is 0 Å². The molecule has 1 unspecified atom stereocenters. The average molecular weight is 185 g/mol. The normalized spacial score (nSPS) is 23.4. The van der Waals surface area contributed by atoms with Gasteiger partial charge in [-0.2, -0.15) is 0 Å². The van der Waals surface area contributed by atoms with Crippen LogP contribution in [0.2, 0.25) is 0 Å². The first-order valence-corrected chi connectivity index (χ1v) is 4.77. The lowest BCUT2D eigenvalue weighted by molar-refractivity contribution is -0.128. The van der Waals surface area contributed by atoms with Crippen molar-refractivity contribution in [3.05, 3.63) is 0 Å². The summed E-state index contributed by atoms with van der Waals surface area (Å²) < 4.78 is 0. The van der Waals surface area contributed by atoms with Gasteiger partial charge in [0.05, 0.1) is 6.04 Å². The lowest BCUT2D eigenvalue weighted by Gasteiger charge is -2.47.